The van der Waals surface area contributed by atoms with E-state index in [1.807, 2.05) is 0 Å². The summed E-state index contributed by atoms with van der Waals surface area (Å²) in [6.07, 6.45) is 3.60. The monoisotopic (exact) mass is 496 g/mol. The van der Waals surface area contributed by atoms with Crippen LogP contribution in [0.2, 0.25) is 0 Å². The molecule has 0 spiro atoms. The van der Waals surface area contributed by atoms with Crippen LogP contribution in [0, 0.1) is 5.92 Å². The van der Waals surface area contributed by atoms with E-state index in [2.05, 4.69) is 15.0 Å². The highest BCUT2D eigenvalue weighted by molar-refractivity contribution is 7.89. The molecule has 1 atom stereocenters. The Balaban J connectivity index is 1.56. The Labute approximate surface area is 194 Å². The molecule has 1 saturated heterocycles. The van der Waals surface area contributed by atoms with Crippen molar-refractivity contribution in [3.8, 4) is 0 Å². The topological polar surface area (TPSA) is 135 Å². The lowest BCUT2D eigenvalue weighted by atomic mass is 9.97. The molecule has 1 amide bonds. The van der Waals surface area contributed by atoms with Gasteiger partial charge in [0.2, 0.25) is 26.0 Å². The first kappa shape index (κ1) is 25.2. The zero-order chi connectivity index (χ0) is 24.1. The van der Waals surface area contributed by atoms with Crippen LogP contribution in [0.3, 0.4) is 0 Å². The Morgan fingerprint density at radius 2 is 1.79 bits per heavy atom. The number of aromatic nitrogens is 1. The normalized spacial score (nSPS) is 16.9. The van der Waals surface area contributed by atoms with Crippen molar-refractivity contribution >= 4 is 31.6 Å². The molecule has 3 rings (SSSR count). The molecule has 1 unspecified atom stereocenters. The summed E-state index contributed by atoms with van der Waals surface area (Å²) in [5.74, 6) is -0.568. The van der Waals surface area contributed by atoms with E-state index in [0.29, 0.717) is 18.5 Å². The number of pyridine rings is 1. The van der Waals surface area contributed by atoms with Crippen molar-refractivity contribution in [3.63, 3.8) is 0 Å². The van der Waals surface area contributed by atoms with Crippen LogP contribution in [0.1, 0.15) is 19.8 Å². The van der Waals surface area contributed by atoms with Crippen molar-refractivity contribution in [1.29, 1.82) is 0 Å². The number of amides is 1. The summed E-state index contributed by atoms with van der Waals surface area (Å²) >= 11 is 0. The smallest absolute Gasteiger partial charge is 0.244 e. The molecule has 1 aliphatic rings. The second-order valence-electron chi connectivity index (χ2n) is 7.86. The van der Waals surface area contributed by atoms with Gasteiger partial charge in [-0.25, -0.2) is 21.6 Å². The summed E-state index contributed by atoms with van der Waals surface area (Å²) in [6.45, 7) is 2.41. The number of rotatable bonds is 9. The van der Waals surface area contributed by atoms with Gasteiger partial charge in [0.05, 0.1) is 11.5 Å². The quantitative estimate of drug-likeness (QED) is 0.536. The van der Waals surface area contributed by atoms with Crippen molar-refractivity contribution in [2.24, 2.45) is 5.92 Å². The largest absolute Gasteiger partial charge is 0.383 e. The van der Waals surface area contributed by atoms with Gasteiger partial charge in [0.15, 0.2) is 0 Å². The highest BCUT2D eigenvalue weighted by Crippen LogP contribution is 2.25. The van der Waals surface area contributed by atoms with Gasteiger partial charge >= 0.3 is 0 Å². The van der Waals surface area contributed by atoms with Gasteiger partial charge in [-0.15, -0.1) is 0 Å². The average Bonchev–Trinajstić information content (AvgIpc) is 2.80. The van der Waals surface area contributed by atoms with E-state index in [1.165, 1.54) is 54.1 Å². The molecule has 12 heteroatoms. The maximum atomic E-state index is 12.7. The lowest BCUT2D eigenvalue weighted by molar-refractivity contribution is -0.120. The third kappa shape index (κ3) is 6.36. The fourth-order valence-electron chi connectivity index (χ4n) is 3.59. The first-order chi connectivity index (χ1) is 15.6. The van der Waals surface area contributed by atoms with Crippen LogP contribution >= 0.6 is 0 Å². The van der Waals surface area contributed by atoms with Crippen LogP contribution < -0.4 is 10.0 Å². The first-order valence-corrected chi connectivity index (χ1v) is 13.4. The summed E-state index contributed by atoms with van der Waals surface area (Å²) in [4.78, 5) is 16.7. The third-order valence-corrected chi connectivity index (χ3v) is 8.79. The molecule has 0 saturated carbocycles. The van der Waals surface area contributed by atoms with E-state index in [4.69, 9.17) is 4.74 Å². The Morgan fingerprint density at radius 1 is 1.12 bits per heavy atom. The number of nitrogens with one attached hydrogen (secondary N) is 2. The van der Waals surface area contributed by atoms with Gasteiger partial charge in [-0.3, -0.25) is 9.78 Å². The molecule has 0 aliphatic carbocycles. The standard InChI is InChI=1S/C21H28N4O6S2/c1-16(15-31-2)24-32(27,28)19-7-5-18(6-8-19)23-21(26)17-9-12-25(13-10-17)33(29,30)20-4-3-11-22-14-20/h3-8,11,14,16-17,24H,9-10,12-13,15H2,1-2H3,(H,23,26). The number of anilines is 1. The number of carbonyl (C=O) groups is 1. The molecule has 1 aromatic carbocycles. The number of hydrogen-bond acceptors (Lipinski definition) is 7. The number of benzene rings is 1. The number of carbonyl (C=O) groups excluding carboxylic acids is 1. The van der Waals surface area contributed by atoms with Gasteiger partial charge in [0.1, 0.15) is 4.90 Å². The predicted molar refractivity (Wildman–Crippen MR) is 122 cm³/mol. The minimum Gasteiger partial charge on any atom is -0.383 e. The Hall–Kier alpha value is -2.38. The second kappa shape index (κ2) is 10.7. The number of ether oxygens (including phenoxy) is 1. The molecule has 1 fully saturated rings. The Kier molecular flexibility index (Phi) is 8.19. The molecular weight excluding hydrogens is 468 g/mol. The first-order valence-electron chi connectivity index (χ1n) is 10.5. The molecule has 2 heterocycles. The van der Waals surface area contributed by atoms with Gasteiger partial charge in [-0.2, -0.15) is 4.31 Å². The fraction of sp³-hybridized carbons (Fsp3) is 0.429. The summed E-state index contributed by atoms with van der Waals surface area (Å²) in [7, 11) is -5.84. The van der Waals surface area contributed by atoms with Crippen molar-refractivity contribution in [2.45, 2.75) is 35.6 Å². The van der Waals surface area contributed by atoms with Crippen molar-refractivity contribution < 1.29 is 26.4 Å². The van der Waals surface area contributed by atoms with Gasteiger partial charge in [-0.05, 0) is 56.2 Å². The molecule has 10 nitrogen and oxygen atoms in total. The van der Waals surface area contributed by atoms with E-state index in [9.17, 15) is 21.6 Å². The van der Waals surface area contributed by atoms with E-state index in [-0.39, 0.29) is 47.4 Å². The molecular formula is C21H28N4O6S2. The average molecular weight is 497 g/mol. The number of piperidine rings is 1. The second-order valence-corrected chi connectivity index (χ2v) is 11.5. The molecule has 33 heavy (non-hydrogen) atoms. The number of nitrogens with zero attached hydrogens (tertiary/aromatic N) is 2. The van der Waals surface area contributed by atoms with Gasteiger partial charge in [-0.1, -0.05) is 0 Å². The molecule has 1 aromatic heterocycles. The van der Waals surface area contributed by atoms with Crippen molar-refractivity contribution in [1.82, 2.24) is 14.0 Å². The summed E-state index contributed by atoms with van der Waals surface area (Å²) in [5.41, 5.74) is 0.467. The van der Waals surface area contributed by atoms with Crippen LogP contribution in [0.4, 0.5) is 5.69 Å². The Morgan fingerprint density at radius 3 is 2.36 bits per heavy atom. The molecule has 1 aliphatic heterocycles. The van der Waals surface area contributed by atoms with Crippen LogP contribution in [0.5, 0.6) is 0 Å². The predicted octanol–water partition coefficient (Wildman–Crippen LogP) is 1.43. The van der Waals surface area contributed by atoms with Crippen molar-refractivity contribution in [2.75, 3.05) is 32.1 Å². The van der Waals surface area contributed by atoms with Crippen LogP contribution in [0.15, 0.2) is 58.6 Å². The lowest BCUT2D eigenvalue weighted by Gasteiger charge is -2.30. The molecule has 0 bridgehead atoms. The van der Waals surface area contributed by atoms with E-state index in [0.717, 1.165) is 0 Å². The minimum absolute atomic E-state index is 0.0809. The van der Waals surface area contributed by atoms with Gasteiger partial charge in [0.25, 0.3) is 0 Å². The lowest BCUT2D eigenvalue weighted by Crippen LogP contribution is -2.41. The van der Waals surface area contributed by atoms with Crippen molar-refractivity contribution in [3.05, 3.63) is 48.8 Å². The van der Waals surface area contributed by atoms with E-state index < -0.39 is 20.0 Å². The summed E-state index contributed by atoms with van der Waals surface area (Å²) in [6, 6.07) is 8.57. The third-order valence-electron chi connectivity index (χ3n) is 5.30. The molecule has 2 aromatic rings. The van der Waals surface area contributed by atoms with Gasteiger partial charge in [0, 0.05) is 50.2 Å². The minimum atomic E-state index is -3.70. The molecule has 180 valence electrons. The zero-order valence-corrected chi connectivity index (χ0v) is 20.1. The fourth-order valence-corrected chi connectivity index (χ4v) is 6.25. The number of sulfonamides is 2. The van der Waals surface area contributed by atoms with Crippen LogP contribution in [-0.4, -0.2) is 64.9 Å². The SMILES string of the molecule is COCC(C)NS(=O)(=O)c1ccc(NC(=O)C2CCN(S(=O)(=O)c3cccnc3)CC2)cc1. The maximum Gasteiger partial charge on any atom is 0.244 e. The molecule has 0 radical (unpaired) electrons. The number of methoxy groups -OCH3 is 1. The Bertz CT molecular complexity index is 1150. The van der Waals surface area contributed by atoms with Crippen LogP contribution in [-0.2, 0) is 29.6 Å². The highest BCUT2D eigenvalue weighted by atomic mass is 32.2. The summed E-state index contributed by atoms with van der Waals surface area (Å²) in [5, 5.41) is 2.78. The van der Waals surface area contributed by atoms with Crippen LogP contribution in [0.25, 0.3) is 0 Å². The highest BCUT2D eigenvalue weighted by Gasteiger charge is 2.32. The summed E-state index contributed by atoms with van der Waals surface area (Å²) < 4.78 is 59.0. The maximum absolute atomic E-state index is 12.7. The zero-order valence-electron chi connectivity index (χ0n) is 18.5. The number of hydrogen-bond donors (Lipinski definition) is 2. The van der Waals surface area contributed by atoms with E-state index >= 15 is 0 Å². The van der Waals surface area contributed by atoms with E-state index in [1.54, 1.807) is 13.0 Å². The van der Waals surface area contributed by atoms with Gasteiger partial charge < -0.3 is 10.1 Å². The molecule has 2 N–H and O–H groups in total.